The second-order valence-corrected chi connectivity index (χ2v) is 15.2. The highest BCUT2D eigenvalue weighted by atomic mass is 16.5. The molecule has 0 saturated carbocycles. The molecular formula is C50H62N10O6. The molecule has 1 saturated heterocycles. The van der Waals surface area contributed by atoms with Crippen LogP contribution >= 0.6 is 0 Å². The summed E-state index contributed by atoms with van der Waals surface area (Å²) >= 11 is 0. The van der Waals surface area contributed by atoms with Crippen LogP contribution in [0.25, 0.3) is 33.2 Å². The first-order valence-corrected chi connectivity index (χ1v) is 22.3. The number of aromatic amines is 2. The van der Waals surface area contributed by atoms with Crippen LogP contribution in [-0.2, 0) is 32.2 Å². The van der Waals surface area contributed by atoms with E-state index in [0.29, 0.717) is 36.8 Å². The van der Waals surface area contributed by atoms with Crippen LogP contribution in [0.5, 0.6) is 0 Å². The van der Waals surface area contributed by atoms with Crippen molar-refractivity contribution in [1.29, 1.82) is 0 Å². The molecule has 7 rings (SSSR count). The van der Waals surface area contributed by atoms with Crippen LogP contribution in [0.2, 0.25) is 0 Å². The van der Waals surface area contributed by atoms with Crippen molar-refractivity contribution in [3.8, 4) is 24.0 Å². The first-order valence-electron chi connectivity index (χ1n) is 22.3. The van der Waals surface area contributed by atoms with Gasteiger partial charge in [-0.1, -0.05) is 76.2 Å². The number of nitrogens with one attached hydrogen (secondary N) is 4. The van der Waals surface area contributed by atoms with Gasteiger partial charge in [-0.2, -0.15) is 0 Å². The largest absolute Gasteiger partial charge is 0.453 e. The summed E-state index contributed by atoms with van der Waals surface area (Å²) in [7, 11) is 2.54. The number of carbonyl (C=O) groups is 4. The maximum Gasteiger partial charge on any atom is 0.407 e. The third-order valence-corrected chi connectivity index (χ3v) is 11.0. The Bertz CT molecular complexity index is 2530. The number of terminal acetylenes is 1. The molecule has 1 aliphatic rings. The molecule has 0 spiro atoms. The number of imidazole rings is 2. The van der Waals surface area contributed by atoms with Crippen LogP contribution in [0.1, 0.15) is 63.8 Å². The quantitative estimate of drug-likeness (QED) is 0.0706. The standard InChI is InChI=1S/C46H54N10O6.C2H6.C2H2/c1-5-20-55(42(57)28-47-45(59)61-3)29-40-49-37-19-17-35(27-39(37)51-40)54-24-22-53(23-25-54)34-15-12-31(13-16-34)33-14-18-36-38(26-33)50-41(48-36)30-56(21-6-2)44(58)43(52-46(60)62-4)32-10-8-7-9-11-32;2*1-2/h7-19,26-27,43H,5-6,20-25,28-30H2,1-4H3,(H,47,59)(H,48,50)(H,49,51)(H,52,60);1-2H3;1-2H/t43-;;/m1../s1. The molecule has 4 N–H and O–H groups in total. The number of piperazine rings is 1. The number of hydrogen-bond donors (Lipinski definition) is 4. The average molecular weight is 899 g/mol. The van der Waals surface area contributed by atoms with Gasteiger partial charge in [0, 0.05) is 50.6 Å². The molecule has 348 valence electrons. The number of aromatic nitrogens is 4. The van der Waals surface area contributed by atoms with Crippen LogP contribution < -0.4 is 20.4 Å². The van der Waals surface area contributed by atoms with Gasteiger partial charge in [-0.25, -0.2) is 19.6 Å². The van der Waals surface area contributed by atoms with E-state index in [0.717, 1.165) is 83.6 Å². The third kappa shape index (κ3) is 12.6. The van der Waals surface area contributed by atoms with E-state index in [-0.39, 0.29) is 24.9 Å². The number of nitrogens with zero attached hydrogens (tertiary/aromatic N) is 6. The Morgan fingerprint density at radius 3 is 1.79 bits per heavy atom. The number of anilines is 2. The van der Waals surface area contributed by atoms with Gasteiger partial charge in [0.05, 0.1) is 49.4 Å². The zero-order valence-corrected chi connectivity index (χ0v) is 38.8. The highest BCUT2D eigenvalue weighted by Gasteiger charge is 2.28. The molecule has 4 aromatic carbocycles. The van der Waals surface area contributed by atoms with E-state index in [9.17, 15) is 19.2 Å². The van der Waals surface area contributed by atoms with Gasteiger partial charge in [-0.3, -0.25) is 9.59 Å². The van der Waals surface area contributed by atoms with Gasteiger partial charge in [-0.15, -0.1) is 12.8 Å². The normalized spacial score (nSPS) is 12.5. The molecule has 66 heavy (non-hydrogen) atoms. The van der Waals surface area contributed by atoms with Gasteiger partial charge in [0.2, 0.25) is 11.8 Å². The van der Waals surface area contributed by atoms with Crippen LogP contribution in [0, 0.1) is 12.8 Å². The second kappa shape index (κ2) is 24.5. The van der Waals surface area contributed by atoms with Gasteiger partial charge in [-0.05, 0) is 72.0 Å². The fraction of sp³-hybridized carbons (Fsp3) is 0.360. The molecule has 0 aliphatic carbocycles. The van der Waals surface area contributed by atoms with Crippen molar-refractivity contribution in [2.24, 2.45) is 0 Å². The van der Waals surface area contributed by atoms with Crippen LogP contribution in [0.15, 0.2) is 91.0 Å². The zero-order chi connectivity index (χ0) is 47.6. The fourth-order valence-electron chi connectivity index (χ4n) is 7.81. The number of methoxy groups -OCH3 is 2. The van der Waals surface area contributed by atoms with Crippen molar-refractivity contribution in [3.63, 3.8) is 0 Å². The van der Waals surface area contributed by atoms with E-state index in [1.54, 1.807) is 9.80 Å². The van der Waals surface area contributed by atoms with E-state index in [1.165, 1.54) is 14.2 Å². The lowest BCUT2D eigenvalue weighted by atomic mass is 10.0. The molecule has 1 fully saturated rings. The van der Waals surface area contributed by atoms with Crippen molar-refractivity contribution in [2.45, 2.75) is 59.7 Å². The lowest BCUT2D eigenvalue weighted by molar-refractivity contribution is -0.134. The summed E-state index contributed by atoms with van der Waals surface area (Å²) in [6, 6.07) is 29.3. The highest BCUT2D eigenvalue weighted by Crippen LogP contribution is 2.29. The Morgan fingerprint density at radius 1 is 0.682 bits per heavy atom. The maximum absolute atomic E-state index is 13.9. The molecule has 16 heteroatoms. The number of ether oxygens (including phenoxy) is 2. The molecule has 16 nitrogen and oxygen atoms in total. The number of alkyl carbamates (subject to hydrolysis) is 2. The lowest BCUT2D eigenvalue weighted by Gasteiger charge is -2.37. The zero-order valence-electron chi connectivity index (χ0n) is 38.8. The van der Waals surface area contributed by atoms with Crippen molar-refractivity contribution >= 4 is 57.4 Å². The minimum absolute atomic E-state index is 0.139. The van der Waals surface area contributed by atoms with Crippen molar-refractivity contribution in [2.75, 3.05) is 69.8 Å². The summed E-state index contributed by atoms with van der Waals surface area (Å²) in [6.45, 7) is 12.9. The number of hydrogen-bond acceptors (Lipinski definition) is 10. The van der Waals surface area contributed by atoms with Gasteiger partial charge in [0.25, 0.3) is 0 Å². The molecule has 1 aliphatic heterocycles. The number of rotatable bonds is 16. The summed E-state index contributed by atoms with van der Waals surface area (Å²) in [5, 5.41) is 5.17. The minimum atomic E-state index is -0.898. The lowest BCUT2D eigenvalue weighted by Crippen LogP contribution is -2.46. The molecule has 2 aromatic heterocycles. The Hall–Kier alpha value is -7.54. The minimum Gasteiger partial charge on any atom is -0.453 e. The molecule has 0 unspecified atom stereocenters. The van der Waals surface area contributed by atoms with Gasteiger partial charge < -0.3 is 49.7 Å². The summed E-state index contributed by atoms with van der Waals surface area (Å²) in [5.74, 6) is 0.894. The van der Waals surface area contributed by atoms with Crippen LogP contribution in [0.4, 0.5) is 21.0 Å². The van der Waals surface area contributed by atoms with Crippen LogP contribution in [-0.4, -0.2) is 114 Å². The SMILES string of the molecule is C#C.CC.CCCN(Cc1nc2ccc(N3CCN(c4ccc(-c5ccc6nc(CN(CCC)C(=O)[C@H](NC(=O)OC)c7ccccc7)[nH]c6c5)cc4)CC3)cc2[nH]1)C(=O)CNC(=O)OC. The Balaban J connectivity index is 0.00000199. The molecule has 1 atom stereocenters. The number of fused-ring (bicyclic) bond motifs is 2. The molecule has 0 radical (unpaired) electrons. The topological polar surface area (TPSA) is 181 Å². The van der Waals surface area contributed by atoms with E-state index >= 15 is 0 Å². The Morgan fingerprint density at radius 2 is 1.20 bits per heavy atom. The third-order valence-electron chi connectivity index (χ3n) is 11.0. The molecule has 4 amide bonds. The molecule has 0 bridgehead atoms. The highest BCUT2D eigenvalue weighted by molar-refractivity contribution is 5.87. The summed E-state index contributed by atoms with van der Waals surface area (Å²) < 4.78 is 9.42. The van der Waals surface area contributed by atoms with E-state index < -0.39 is 18.2 Å². The van der Waals surface area contributed by atoms with Crippen molar-refractivity contribution < 1.29 is 28.7 Å². The maximum atomic E-state index is 13.9. The summed E-state index contributed by atoms with van der Waals surface area (Å²) in [6.07, 6.45) is 8.19. The second-order valence-electron chi connectivity index (χ2n) is 15.2. The predicted molar refractivity (Wildman–Crippen MR) is 260 cm³/mol. The Labute approximate surface area is 387 Å². The molecule has 6 aromatic rings. The molecule has 3 heterocycles. The first-order chi connectivity index (χ1) is 32.2. The van der Waals surface area contributed by atoms with E-state index in [2.05, 4.69) is 96.5 Å². The Kier molecular flexibility index (Phi) is 18.4. The predicted octanol–water partition coefficient (Wildman–Crippen LogP) is 7.64. The average Bonchev–Trinajstić information content (AvgIpc) is 3.98. The summed E-state index contributed by atoms with van der Waals surface area (Å²) in [5.41, 5.74) is 8.50. The first kappa shape index (κ1) is 49.5. The van der Waals surface area contributed by atoms with Crippen LogP contribution in [0.3, 0.4) is 0 Å². The fourth-order valence-corrected chi connectivity index (χ4v) is 7.81. The molecular weight excluding hydrogens is 837 g/mol. The number of carbonyl (C=O) groups excluding carboxylic acids is 4. The van der Waals surface area contributed by atoms with Gasteiger partial charge in [0.15, 0.2) is 0 Å². The summed E-state index contributed by atoms with van der Waals surface area (Å²) in [4.78, 5) is 74.9. The van der Waals surface area contributed by atoms with Crippen molar-refractivity contribution in [1.82, 2.24) is 40.4 Å². The van der Waals surface area contributed by atoms with Gasteiger partial charge >= 0.3 is 12.2 Å². The monoisotopic (exact) mass is 898 g/mol. The number of amides is 4. The van der Waals surface area contributed by atoms with Gasteiger partial charge in [0.1, 0.15) is 24.2 Å². The number of benzene rings is 4. The van der Waals surface area contributed by atoms with E-state index in [1.807, 2.05) is 70.2 Å². The smallest absolute Gasteiger partial charge is 0.407 e. The number of H-pyrrole nitrogens is 2. The van der Waals surface area contributed by atoms with E-state index in [4.69, 9.17) is 14.7 Å². The van der Waals surface area contributed by atoms with Crippen molar-refractivity contribution in [3.05, 3.63) is 108 Å².